The van der Waals surface area contributed by atoms with E-state index in [2.05, 4.69) is 20.4 Å². The standard InChI is InChI=1S/C28H27Cl2F2N9O2/c1-15-3-2-4-22(16-7-17(11-35-10-16)26-21(38-27(15)43)12-37-41(26)28(31)32)39-14-36-20(9-25(39)42)19-8-18(29)5-6-23(19)40(34)13-24(30)33/h5-15,22,28H,2-4,33-34H2,1H3,(H,38,43)/b24-13-. The van der Waals surface area contributed by atoms with Crippen LogP contribution in [0.15, 0.2) is 71.4 Å². The number of nitrogens with one attached hydrogen (secondary N) is 1. The fourth-order valence-electron chi connectivity index (χ4n) is 5.06. The summed E-state index contributed by atoms with van der Waals surface area (Å²) in [5, 5.41) is 8.05. The minimum Gasteiger partial charge on any atom is -0.388 e. The zero-order valence-electron chi connectivity index (χ0n) is 22.8. The van der Waals surface area contributed by atoms with Crippen molar-refractivity contribution < 1.29 is 13.6 Å². The number of benzene rings is 1. The number of nitrogens with two attached hydrogens (primary N) is 2. The maximum absolute atomic E-state index is 13.9. The fourth-order valence-corrected chi connectivity index (χ4v) is 5.34. The number of hydrazine groups is 1. The van der Waals surface area contributed by atoms with Crippen LogP contribution in [-0.4, -0.2) is 30.2 Å². The molecular weight excluding hydrogens is 603 g/mol. The van der Waals surface area contributed by atoms with Crippen molar-refractivity contribution in [2.75, 3.05) is 10.3 Å². The van der Waals surface area contributed by atoms with E-state index in [1.807, 2.05) is 0 Å². The molecule has 0 radical (unpaired) electrons. The van der Waals surface area contributed by atoms with E-state index < -0.39 is 24.1 Å². The number of amides is 1. The molecule has 5 rings (SSSR count). The molecule has 0 saturated carbocycles. The van der Waals surface area contributed by atoms with Gasteiger partial charge in [0.25, 0.3) is 5.56 Å². The summed E-state index contributed by atoms with van der Waals surface area (Å²) in [5.74, 6) is 5.37. The third kappa shape index (κ3) is 6.38. The largest absolute Gasteiger partial charge is 0.388 e. The van der Waals surface area contributed by atoms with Gasteiger partial charge in [-0.2, -0.15) is 13.9 Å². The third-order valence-electron chi connectivity index (χ3n) is 7.16. The van der Waals surface area contributed by atoms with Crippen molar-refractivity contribution in [3.05, 3.63) is 87.5 Å². The number of hydrogen-bond donors (Lipinski definition) is 3. The number of fused-ring (bicyclic) bond motifs is 4. The Kier molecular flexibility index (Phi) is 8.76. The maximum atomic E-state index is 13.9. The molecule has 2 bridgehead atoms. The Hall–Kier alpha value is -4.33. The zero-order valence-corrected chi connectivity index (χ0v) is 24.3. The molecule has 3 aromatic heterocycles. The zero-order chi connectivity index (χ0) is 30.8. The van der Waals surface area contributed by atoms with E-state index >= 15 is 0 Å². The van der Waals surface area contributed by atoms with Crippen LogP contribution in [0.25, 0.3) is 22.5 Å². The Labute approximate surface area is 254 Å². The summed E-state index contributed by atoms with van der Waals surface area (Å²) in [6, 6.07) is 7.33. The highest BCUT2D eigenvalue weighted by molar-refractivity contribution is 6.31. The second-order valence-corrected chi connectivity index (χ2v) is 10.9. The summed E-state index contributed by atoms with van der Waals surface area (Å²) in [7, 11) is 0. The molecule has 15 heteroatoms. The molecule has 1 amide bonds. The monoisotopic (exact) mass is 629 g/mol. The molecule has 2 atom stereocenters. The average Bonchev–Trinajstić information content (AvgIpc) is 3.38. The highest BCUT2D eigenvalue weighted by atomic mass is 35.5. The number of halogens is 4. The van der Waals surface area contributed by atoms with Gasteiger partial charge in [-0.3, -0.25) is 24.1 Å². The van der Waals surface area contributed by atoms with Crippen LogP contribution >= 0.6 is 23.2 Å². The lowest BCUT2D eigenvalue weighted by Gasteiger charge is -2.23. The van der Waals surface area contributed by atoms with Crippen molar-refractivity contribution in [1.29, 1.82) is 0 Å². The number of carbonyl (C=O) groups is 1. The van der Waals surface area contributed by atoms with Crippen molar-refractivity contribution in [3.8, 4) is 22.5 Å². The second-order valence-electron chi connectivity index (χ2n) is 10.1. The molecule has 5 N–H and O–H groups in total. The minimum atomic E-state index is -2.96. The second kappa shape index (κ2) is 12.5. The van der Waals surface area contributed by atoms with Gasteiger partial charge in [0.2, 0.25) is 5.91 Å². The molecular formula is C28H27Cl2F2N9O2. The Morgan fingerprint density at radius 3 is 2.70 bits per heavy atom. The average molecular weight is 630 g/mol. The molecule has 224 valence electrons. The lowest BCUT2D eigenvalue weighted by molar-refractivity contribution is -0.119. The van der Waals surface area contributed by atoms with Crippen molar-refractivity contribution >= 4 is 40.5 Å². The Morgan fingerprint density at radius 1 is 1.19 bits per heavy atom. The molecule has 1 aromatic carbocycles. The molecule has 0 saturated heterocycles. The van der Waals surface area contributed by atoms with Crippen molar-refractivity contribution in [1.82, 2.24) is 24.3 Å². The Morgan fingerprint density at radius 2 is 1.98 bits per heavy atom. The number of anilines is 2. The van der Waals surface area contributed by atoms with Gasteiger partial charge in [-0.25, -0.2) is 15.5 Å². The van der Waals surface area contributed by atoms with E-state index in [-0.39, 0.29) is 22.4 Å². The van der Waals surface area contributed by atoms with E-state index in [0.717, 1.165) is 0 Å². The van der Waals surface area contributed by atoms with Crippen LogP contribution in [-0.2, 0) is 4.79 Å². The summed E-state index contributed by atoms with van der Waals surface area (Å²) in [6.45, 7) is -1.20. The molecule has 0 fully saturated rings. The first-order valence-corrected chi connectivity index (χ1v) is 14.0. The lowest BCUT2D eigenvalue weighted by Crippen LogP contribution is -2.28. The SMILES string of the molecule is CC1CCCC(n2cnc(-c3cc(Cl)ccc3N(N)/C=C(\N)Cl)cc2=O)c2cncc(c2)-c2c(cnn2C(F)F)NC1=O. The molecule has 0 spiro atoms. The number of alkyl halides is 2. The van der Waals surface area contributed by atoms with Gasteiger partial charge in [0.15, 0.2) is 0 Å². The summed E-state index contributed by atoms with van der Waals surface area (Å²) < 4.78 is 29.8. The fraction of sp³-hybridized carbons (Fsp3) is 0.250. The van der Waals surface area contributed by atoms with E-state index in [1.165, 1.54) is 40.6 Å². The summed E-state index contributed by atoms with van der Waals surface area (Å²) in [4.78, 5) is 35.4. The van der Waals surface area contributed by atoms with Gasteiger partial charge >= 0.3 is 6.55 Å². The molecule has 11 nitrogen and oxygen atoms in total. The van der Waals surface area contributed by atoms with Crippen LogP contribution < -0.4 is 27.5 Å². The number of nitrogens with zero attached hydrogens (tertiary/aromatic N) is 6. The van der Waals surface area contributed by atoms with Gasteiger partial charge in [0.05, 0.1) is 47.5 Å². The number of aromatic nitrogens is 5. The summed E-state index contributed by atoms with van der Waals surface area (Å²) in [6.07, 6.45) is 8.40. The topological polar surface area (TPSA) is 150 Å². The number of hydrogen-bond acceptors (Lipinski definition) is 8. The highest BCUT2D eigenvalue weighted by Gasteiger charge is 2.26. The lowest BCUT2D eigenvalue weighted by atomic mass is 9.95. The molecule has 1 aliphatic heterocycles. The summed E-state index contributed by atoms with van der Waals surface area (Å²) in [5.41, 5.74) is 7.44. The highest BCUT2D eigenvalue weighted by Crippen LogP contribution is 2.35. The number of carbonyl (C=O) groups excluding carboxylic acids is 1. The first-order chi connectivity index (χ1) is 20.5. The molecule has 43 heavy (non-hydrogen) atoms. The first kappa shape index (κ1) is 30.1. The first-order valence-electron chi connectivity index (χ1n) is 13.2. The van der Waals surface area contributed by atoms with Gasteiger partial charge in [-0.15, -0.1) is 0 Å². The summed E-state index contributed by atoms with van der Waals surface area (Å²) >= 11 is 12.0. The number of pyridine rings is 1. The van der Waals surface area contributed by atoms with Gasteiger partial charge in [0.1, 0.15) is 5.16 Å². The molecule has 4 heterocycles. The van der Waals surface area contributed by atoms with Crippen molar-refractivity contribution in [3.63, 3.8) is 0 Å². The number of rotatable bonds is 5. The van der Waals surface area contributed by atoms with Crippen LogP contribution in [0.2, 0.25) is 5.02 Å². The van der Waals surface area contributed by atoms with Crippen LogP contribution in [0.4, 0.5) is 20.2 Å². The van der Waals surface area contributed by atoms with E-state index in [9.17, 15) is 18.4 Å². The molecule has 1 aliphatic rings. The van der Waals surface area contributed by atoms with E-state index in [0.29, 0.717) is 57.0 Å². The van der Waals surface area contributed by atoms with Crippen molar-refractivity contribution in [2.24, 2.45) is 17.5 Å². The molecule has 0 aliphatic carbocycles. The maximum Gasteiger partial charge on any atom is 0.333 e. The molecule has 2 unspecified atom stereocenters. The van der Waals surface area contributed by atoms with E-state index in [1.54, 1.807) is 37.4 Å². The molecule has 4 aromatic rings. The predicted octanol–water partition coefficient (Wildman–Crippen LogP) is 5.24. The van der Waals surface area contributed by atoms with Crippen LogP contribution in [0.5, 0.6) is 0 Å². The Bertz CT molecular complexity index is 1750. The predicted molar refractivity (Wildman–Crippen MR) is 160 cm³/mol. The third-order valence-corrected chi connectivity index (χ3v) is 7.50. The van der Waals surface area contributed by atoms with Gasteiger partial charge in [-0.05, 0) is 42.7 Å². The van der Waals surface area contributed by atoms with Gasteiger partial charge in [0, 0.05) is 40.5 Å². The quantitative estimate of drug-likeness (QED) is 0.154. The van der Waals surface area contributed by atoms with Crippen LogP contribution in [0, 0.1) is 5.92 Å². The minimum absolute atomic E-state index is 0.0106. The van der Waals surface area contributed by atoms with Crippen molar-refractivity contribution in [2.45, 2.75) is 38.8 Å². The van der Waals surface area contributed by atoms with Gasteiger partial charge in [-0.1, -0.05) is 36.5 Å². The smallest absolute Gasteiger partial charge is 0.333 e. The Balaban J connectivity index is 1.61. The van der Waals surface area contributed by atoms with Crippen LogP contribution in [0.3, 0.4) is 0 Å². The van der Waals surface area contributed by atoms with Crippen LogP contribution in [0.1, 0.15) is 44.3 Å². The normalized spacial score (nSPS) is 17.6. The van der Waals surface area contributed by atoms with E-state index in [4.69, 9.17) is 34.8 Å². The van der Waals surface area contributed by atoms with Gasteiger partial charge < -0.3 is 11.1 Å².